The zero-order valence-corrected chi connectivity index (χ0v) is 14.6. The number of hydrogen-bond donors (Lipinski definition) is 3. The lowest BCUT2D eigenvalue weighted by Crippen LogP contribution is -2.12. The number of imidazole rings is 1. The number of allylic oxidation sites excluding steroid dienone is 1. The van der Waals surface area contributed by atoms with E-state index in [1.165, 1.54) is 6.20 Å². The van der Waals surface area contributed by atoms with Gasteiger partial charge in [-0.1, -0.05) is 6.07 Å². The van der Waals surface area contributed by atoms with Gasteiger partial charge in [0.1, 0.15) is 12.2 Å². The molecule has 0 saturated carbocycles. The lowest BCUT2D eigenvalue weighted by molar-refractivity contribution is -0.118. The van der Waals surface area contributed by atoms with E-state index >= 15 is 0 Å². The Kier molecular flexibility index (Phi) is 5.43. The van der Waals surface area contributed by atoms with Crippen LogP contribution in [-0.4, -0.2) is 38.3 Å². The fourth-order valence-corrected chi connectivity index (χ4v) is 2.37. The fraction of sp³-hybridized carbons (Fsp3) is 0.176. The standard InChI is InChI=1S/C17H17F3N8/c18-17(19,20)10-23-7-12(5-21)13-8-25-15(22)16(27-13)26-6-11-1-2-14-24-3-4-28(14)9-11/h1-5,7-9H,6,10,21H2,(H2,22,25)(H,26,27). The number of nitrogens with zero attached hydrogens (tertiary/aromatic N) is 5. The third-order valence-corrected chi connectivity index (χ3v) is 3.69. The predicted octanol–water partition coefficient (Wildman–Crippen LogP) is 2.25. The van der Waals surface area contributed by atoms with Gasteiger partial charge in [-0.25, -0.2) is 15.0 Å². The van der Waals surface area contributed by atoms with Gasteiger partial charge < -0.3 is 21.2 Å². The molecule has 0 atom stereocenters. The molecule has 0 unspecified atom stereocenters. The third-order valence-electron chi connectivity index (χ3n) is 3.69. The Labute approximate surface area is 157 Å². The molecular formula is C17H17F3N8. The van der Waals surface area contributed by atoms with Crippen LogP contribution in [0.25, 0.3) is 11.2 Å². The quantitative estimate of drug-likeness (QED) is 0.556. The summed E-state index contributed by atoms with van der Waals surface area (Å²) in [5.41, 5.74) is 13.5. The van der Waals surface area contributed by atoms with E-state index in [2.05, 4.69) is 25.3 Å². The first-order valence-electron chi connectivity index (χ1n) is 8.12. The number of halogens is 3. The van der Waals surface area contributed by atoms with Crippen molar-refractivity contribution in [3.8, 4) is 0 Å². The Hall–Kier alpha value is -3.63. The minimum Gasteiger partial charge on any atom is -0.404 e. The van der Waals surface area contributed by atoms with Gasteiger partial charge in [0, 0.05) is 43.1 Å². The molecule has 0 amide bonds. The lowest BCUT2D eigenvalue weighted by atomic mass is 10.2. The largest absolute Gasteiger partial charge is 0.407 e. The van der Waals surface area contributed by atoms with Gasteiger partial charge in [0.2, 0.25) is 0 Å². The highest BCUT2D eigenvalue weighted by Gasteiger charge is 2.26. The molecule has 3 heterocycles. The van der Waals surface area contributed by atoms with Crippen LogP contribution in [0.2, 0.25) is 0 Å². The number of anilines is 2. The van der Waals surface area contributed by atoms with E-state index in [4.69, 9.17) is 11.5 Å². The van der Waals surface area contributed by atoms with Gasteiger partial charge in [0.15, 0.2) is 11.6 Å². The first kappa shape index (κ1) is 19.1. The van der Waals surface area contributed by atoms with Crippen molar-refractivity contribution in [3.05, 3.63) is 54.4 Å². The maximum atomic E-state index is 12.2. The first-order chi connectivity index (χ1) is 13.4. The molecule has 0 spiro atoms. The van der Waals surface area contributed by atoms with Crippen molar-refractivity contribution < 1.29 is 13.2 Å². The fourth-order valence-electron chi connectivity index (χ4n) is 2.37. The van der Waals surface area contributed by atoms with Gasteiger partial charge in [-0.15, -0.1) is 0 Å². The maximum absolute atomic E-state index is 12.2. The predicted molar refractivity (Wildman–Crippen MR) is 101 cm³/mol. The number of nitrogen functional groups attached to an aromatic ring is 1. The van der Waals surface area contributed by atoms with E-state index in [0.29, 0.717) is 6.54 Å². The monoisotopic (exact) mass is 390 g/mol. The number of alkyl halides is 3. The van der Waals surface area contributed by atoms with Crippen LogP contribution in [0.4, 0.5) is 24.8 Å². The number of aromatic nitrogens is 4. The Morgan fingerprint density at radius 3 is 2.86 bits per heavy atom. The molecule has 146 valence electrons. The molecule has 3 aromatic rings. The molecule has 0 aliphatic carbocycles. The van der Waals surface area contributed by atoms with Crippen molar-refractivity contribution in [2.45, 2.75) is 12.7 Å². The summed E-state index contributed by atoms with van der Waals surface area (Å²) >= 11 is 0. The lowest BCUT2D eigenvalue weighted by Gasteiger charge is -2.10. The number of rotatable bonds is 6. The van der Waals surface area contributed by atoms with Gasteiger partial charge in [-0.2, -0.15) is 13.2 Å². The van der Waals surface area contributed by atoms with E-state index in [0.717, 1.165) is 23.6 Å². The summed E-state index contributed by atoms with van der Waals surface area (Å²) in [5, 5.41) is 3.06. The van der Waals surface area contributed by atoms with Crippen LogP contribution < -0.4 is 16.8 Å². The molecule has 0 radical (unpaired) electrons. The molecule has 3 rings (SSSR count). The number of fused-ring (bicyclic) bond motifs is 1. The maximum Gasteiger partial charge on any atom is 0.407 e. The first-order valence-corrected chi connectivity index (χ1v) is 8.12. The van der Waals surface area contributed by atoms with Gasteiger partial charge in [0.25, 0.3) is 0 Å². The van der Waals surface area contributed by atoms with Crippen LogP contribution in [0, 0.1) is 0 Å². The molecule has 0 aliphatic rings. The zero-order chi connectivity index (χ0) is 20.1. The Balaban J connectivity index is 1.74. The average molecular weight is 390 g/mol. The normalized spacial score (nSPS) is 12.8. The number of pyridine rings is 1. The van der Waals surface area contributed by atoms with Crippen molar-refractivity contribution in [2.24, 2.45) is 10.7 Å². The zero-order valence-electron chi connectivity index (χ0n) is 14.6. The van der Waals surface area contributed by atoms with E-state index in [1.807, 2.05) is 28.9 Å². The number of nitrogens with two attached hydrogens (primary N) is 2. The summed E-state index contributed by atoms with van der Waals surface area (Å²) < 4.78 is 38.6. The Bertz CT molecular complexity index is 1020. The van der Waals surface area contributed by atoms with Crippen LogP contribution in [0.1, 0.15) is 11.3 Å². The van der Waals surface area contributed by atoms with Crippen LogP contribution in [0.3, 0.4) is 0 Å². The molecule has 3 aromatic heterocycles. The van der Waals surface area contributed by atoms with Crippen molar-refractivity contribution >= 4 is 29.1 Å². The second kappa shape index (κ2) is 7.94. The Morgan fingerprint density at radius 1 is 1.29 bits per heavy atom. The van der Waals surface area contributed by atoms with Crippen molar-refractivity contribution in [2.75, 3.05) is 17.6 Å². The Morgan fingerprint density at radius 2 is 2.11 bits per heavy atom. The summed E-state index contributed by atoms with van der Waals surface area (Å²) in [4.78, 5) is 15.8. The molecule has 0 saturated heterocycles. The van der Waals surface area contributed by atoms with Crippen LogP contribution >= 0.6 is 0 Å². The summed E-state index contributed by atoms with van der Waals surface area (Å²) in [7, 11) is 0. The summed E-state index contributed by atoms with van der Waals surface area (Å²) in [5.74, 6) is 0.433. The van der Waals surface area contributed by atoms with Crippen LogP contribution in [0.5, 0.6) is 0 Å². The highest BCUT2D eigenvalue weighted by Crippen LogP contribution is 2.19. The van der Waals surface area contributed by atoms with Crippen molar-refractivity contribution in [3.63, 3.8) is 0 Å². The summed E-state index contributed by atoms with van der Waals surface area (Å²) in [6, 6.07) is 3.77. The molecule has 11 heteroatoms. The van der Waals surface area contributed by atoms with Gasteiger partial charge >= 0.3 is 6.18 Å². The molecule has 28 heavy (non-hydrogen) atoms. The average Bonchev–Trinajstić information content (AvgIpc) is 3.12. The summed E-state index contributed by atoms with van der Waals surface area (Å²) in [6.45, 7) is -0.908. The number of nitrogens with one attached hydrogen (secondary N) is 1. The van der Waals surface area contributed by atoms with E-state index in [1.54, 1.807) is 6.20 Å². The molecule has 0 aliphatic heterocycles. The van der Waals surface area contributed by atoms with Gasteiger partial charge in [0.05, 0.1) is 11.9 Å². The molecule has 5 N–H and O–H groups in total. The van der Waals surface area contributed by atoms with E-state index < -0.39 is 12.7 Å². The van der Waals surface area contributed by atoms with E-state index in [9.17, 15) is 13.2 Å². The van der Waals surface area contributed by atoms with Gasteiger partial charge in [-0.05, 0) is 11.6 Å². The molecule has 0 aromatic carbocycles. The second-order valence-corrected chi connectivity index (χ2v) is 5.78. The van der Waals surface area contributed by atoms with Crippen LogP contribution in [0.15, 0.2) is 48.1 Å². The number of hydrogen-bond acceptors (Lipinski definition) is 7. The second-order valence-electron chi connectivity index (χ2n) is 5.78. The minimum atomic E-state index is -4.40. The van der Waals surface area contributed by atoms with Crippen LogP contribution in [-0.2, 0) is 6.54 Å². The smallest absolute Gasteiger partial charge is 0.404 e. The molecule has 8 nitrogen and oxygen atoms in total. The highest BCUT2D eigenvalue weighted by atomic mass is 19.4. The van der Waals surface area contributed by atoms with E-state index in [-0.39, 0.29) is 22.9 Å². The number of aliphatic imine (C=N–C) groups is 1. The topological polar surface area (TPSA) is 120 Å². The minimum absolute atomic E-state index is 0.149. The van der Waals surface area contributed by atoms with Crippen molar-refractivity contribution in [1.29, 1.82) is 0 Å². The molecule has 0 bridgehead atoms. The van der Waals surface area contributed by atoms with Crippen molar-refractivity contribution in [1.82, 2.24) is 19.4 Å². The third kappa shape index (κ3) is 4.75. The molecule has 0 fully saturated rings. The molecular weight excluding hydrogens is 373 g/mol. The highest BCUT2D eigenvalue weighted by molar-refractivity contribution is 6.08. The van der Waals surface area contributed by atoms with Gasteiger partial charge in [-0.3, -0.25) is 4.99 Å². The SMILES string of the molecule is NC=C(C=NCC(F)(F)F)c1cnc(N)c(NCc2ccc3nccn3c2)n1. The summed E-state index contributed by atoms with van der Waals surface area (Å²) in [6.07, 6.45) is 4.45.